The molecule has 5 heterocycles. The molecule has 28 heavy (non-hydrogen) atoms. The maximum atomic E-state index is 12.8. The van der Waals surface area contributed by atoms with E-state index in [0.717, 1.165) is 41.7 Å². The van der Waals surface area contributed by atoms with Crippen LogP contribution in [0.2, 0.25) is 0 Å². The quantitative estimate of drug-likeness (QED) is 0.691. The first-order valence-electron chi connectivity index (χ1n) is 9.24. The Kier molecular flexibility index (Phi) is 6.28. The Morgan fingerprint density at radius 2 is 1.96 bits per heavy atom. The zero-order valence-electron chi connectivity index (χ0n) is 15.3. The number of para-hydroxylation sites is 1. The van der Waals surface area contributed by atoms with Crippen LogP contribution in [0.3, 0.4) is 0 Å². The van der Waals surface area contributed by atoms with Gasteiger partial charge in [0.05, 0.1) is 0 Å². The minimum atomic E-state index is -0.114. The first kappa shape index (κ1) is 20.6. The summed E-state index contributed by atoms with van der Waals surface area (Å²) in [7, 11) is 0. The van der Waals surface area contributed by atoms with Gasteiger partial charge in [0.15, 0.2) is 5.76 Å². The standard InChI is InChI=1S/C21H21N3O2.2ClH/c25-21(23-18-13-24-9-6-14(18)7-10-24)19-11-15-3-1-5-17(20(15)26-19)16-4-2-8-22-12-16;;/h1-5,8,11-12,14,18H,6-7,9-10,13H2,(H,23,25);2*1H/t18-;;/m0../s1. The molecule has 1 aromatic carbocycles. The maximum Gasteiger partial charge on any atom is 0.287 e. The van der Waals surface area contributed by atoms with Crippen LogP contribution in [0.4, 0.5) is 0 Å². The minimum Gasteiger partial charge on any atom is -0.450 e. The molecule has 7 heteroatoms. The third kappa shape index (κ3) is 3.75. The summed E-state index contributed by atoms with van der Waals surface area (Å²) >= 11 is 0. The fourth-order valence-corrected chi connectivity index (χ4v) is 4.29. The lowest BCUT2D eigenvalue weighted by Crippen LogP contribution is -2.57. The molecule has 148 valence electrons. The highest BCUT2D eigenvalue weighted by Gasteiger charge is 2.35. The molecule has 2 bridgehead atoms. The number of pyridine rings is 1. The van der Waals surface area contributed by atoms with Gasteiger partial charge in [0.1, 0.15) is 5.58 Å². The van der Waals surface area contributed by atoms with Gasteiger partial charge in [0.2, 0.25) is 0 Å². The molecule has 5 nitrogen and oxygen atoms in total. The van der Waals surface area contributed by atoms with Crippen LogP contribution in [0.5, 0.6) is 0 Å². The van der Waals surface area contributed by atoms with Crippen LogP contribution in [-0.4, -0.2) is 41.5 Å². The van der Waals surface area contributed by atoms with Crippen molar-refractivity contribution in [3.8, 4) is 11.1 Å². The molecule has 1 N–H and O–H groups in total. The van der Waals surface area contributed by atoms with Gasteiger partial charge >= 0.3 is 0 Å². The Morgan fingerprint density at radius 3 is 2.64 bits per heavy atom. The average molecular weight is 420 g/mol. The fraction of sp³-hybridized carbons (Fsp3) is 0.333. The Balaban J connectivity index is 0.00000112. The van der Waals surface area contributed by atoms with Crippen molar-refractivity contribution in [3.05, 3.63) is 54.6 Å². The van der Waals surface area contributed by atoms with Crippen molar-refractivity contribution >= 4 is 41.7 Å². The van der Waals surface area contributed by atoms with Crippen molar-refractivity contribution in [1.29, 1.82) is 0 Å². The number of piperidine rings is 3. The van der Waals surface area contributed by atoms with Crippen molar-refractivity contribution in [1.82, 2.24) is 15.2 Å². The number of hydrogen-bond acceptors (Lipinski definition) is 4. The number of rotatable bonds is 3. The summed E-state index contributed by atoms with van der Waals surface area (Å²) < 4.78 is 5.98. The van der Waals surface area contributed by atoms with Crippen LogP contribution in [0.25, 0.3) is 22.1 Å². The molecule has 2 aromatic heterocycles. The summed E-state index contributed by atoms with van der Waals surface area (Å²) in [5, 5.41) is 4.14. The zero-order valence-corrected chi connectivity index (χ0v) is 17.0. The number of nitrogens with zero attached hydrogens (tertiary/aromatic N) is 2. The predicted octanol–water partition coefficient (Wildman–Crippen LogP) is 4.16. The summed E-state index contributed by atoms with van der Waals surface area (Å²) in [4.78, 5) is 19.4. The van der Waals surface area contributed by atoms with Crippen LogP contribution in [0.1, 0.15) is 23.4 Å². The first-order valence-corrected chi connectivity index (χ1v) is 9.24. The maximum absolute atomic E-state index is 12.8. The first-order chi connectivity index (χ1) is 12.8. The number of nitrogens with one attached hydrogen (secondary N) is 1. The van der Waals surface area contributed by atoms with Crippen molar-refractivity contribution in [3.63, 3.8) is 0 Å². The minimum absolute atomic E-state index is 0. The van der Waals surface area contributed by atoms with Crippen LogP contribution in [-0.2, 0) is 0 Å². The molecule has 0 aliphatic carbocycles. The molecule has 0 radical (unpaired) electrons. The number of amides is 1. The summed E-state index contributed by atoms with van der Waals surface area (Å²) in [6.07, 6.45) is 5.91. The van der Waals surface area contributed by atoms with Gasteiger partial charge in [-0.3, -0.25) is 9.78 Å². The largest absolute Gasteiger partial charge is 0.450 e. The molecule has 1 atom stereocenters. The van der Waals surface area contributed by atoms with E-state index in [1.54, 1.807) is 6.20 Å². The summed E-state index contributed by atoms with van der Waals surface area (Å²) in [5.74, 6) is 0.865. The lowest BCUT2D eigenvalue weighted by atomic mass is 9.84. The molecule has 3 aliphatic rings. The highest BCUT2D eigenvalue weighted by atomic mass is 35.5. The van der Waals surface area contributed by atoms with Crippen LogP contribution in [0, 0.1) is 5.92 Å². The average Bonchev–Trinajstić information content (AvgIpc) is 3.14. The Labute approximate surface area is 176 Å². The van der Waals surface area contributed by atoms with Gasteiger partial charge in [-0.05, 0) is 44.0 Å². The third-order valence-electron chi connectivity index (χ3n) is 5.71. The number of furan rings is 1. The summed E-state index contributed by atoms with van der Waals surface area (Å²) in [5.41, 5.74) is 2.67. The van der Waals surface area contributed by atoms with Crippen LogP contribution in [0.15, 0.2) is 53.2 Å². The number of fused-ring (bicyclic) bond motifs is 4. The van der Waals surface area contributed by atoms with Gasteiger partial charge < -0.3 is 14.6 Å². The Hall–Kier alpha value is -2.08. The van der Waals surface area contributed by atoms with Crippen LogP contribution >= 0.6 is 24.8 Å². The second kappa shape index (κ2) is 8.52. The van der Waals surface area contributed by atoms with E-state index in [0.29, 0.717) is 11.7 Å². The number of aromatic nitrogens is 1. The van der Waals surface area contributed by atoms with E-state index in [4.69, 9.17) is 4.42 Å². The molecule has 3 aromatic rings. The summed E-state index contributed by atoms with van der Waals surface area (Å²) in [6.45, 7) is 3.28. The van der Waals surface area contributed by atoms with Gasteiger partial charge in [0.25, 0.3) is 5.91 Å². The zero-order chi connectivity index (χ0) is 17.5. The number of carbonyl (C=O) groups is 1. The number of benzene rings is 1. The number of hydrogen-bond donors (Lipinski definition) is 1. The second-order valence-electron chi connectivity index (χ2n) is 7.29. The van der Waals surface area contributed by atoms with Gasteiger partial charge in [-0.25, -0.2) is 0 Å². The molecule has 1 amide bonds. The molecule has 6 rings (SSSR count). The van der Waals surface area contributed by atoms with Crippen molar-refractivity contribution in [2.75, 3.05) is 19.6 Å². The van der Waals surface area contributed by atoms with Gasteiger partial charge in [-0.2, -0.15) is 0 Å². The molecule has 3 saturated heterocycles. The molecule has 0 saturated carbocycles. The van der Waals surface area contributed by atoms with E-state index in [2.05, 4.69) is 15.2 Å². The van der Waals surface area contributed by atoms with Gasteiger partial charge in [-0.1, -0.05) is 24.3 Å². The normalized spacial score (nSPS) is 22.9. The third-order valence-corrected chi connectivity index (χ3v) is 5.71. The smallest absolute Gasteiger partial charge is 0.287 e. The highest BCUT2D eigenvalue weighted by molar-refractivity contribution is 6.00. The van der Waals surface area contributed by atoms with Crippen molar-refractivity contribution < 1.29 is 9.21 Å². The lowest BCUT2D eigenvalue weighted by molar-refractivity contribution is 0.0607. The van der Waals surface area contributed by atoms with Crippen molar-refractivity contribution in [2.45, 2.75) is 18.9 Å². The molecule has 0 spiro atoms. The Bertz CT molecular complexity index is 953. The van der Waals surface area contributed by atoms with Gasteiger partial charge in [-0.15, -0.1) is 24.8 Å². The predicted molar refractivity (Wildman–Crippen MR) is 114 cm³/mol. The Morgan fingerprint density at radius 1 is 1.14 bits per heavy atom. The molecule has 3 aliphatic heterocycles. The molecule has 3 fully saturated rings. The fourth-order valence-electron chi connectivity index (χ4n) is 4.29. The van der Waals surface area contributed by atoms with E-state index in [9.17, 15) is 4.79 Å². The number of halogens is 2. The second-order valence-corrected chi connectivity index (χ2v) is 7.29. The molecular weight excluding hydrogens is 397 g/mol. The van der Waals surface area contributed by atoms with E-state index in [1.165, 1.54) is 12.8 Å². The van der Waals surface area contributed by atoms with E-state index >= 15 is 0 Å². The van der Waals surface area contributed by atoms with Crippen LogP contribution < -0.4 is 5.32 Å². The monoisotopic (exact) mass is 419 g/mol. The van der Waals surface area contributed by atoms with Gasteiger partial charge in [0, 0.05) is 41.5 Å². The molecule has 0 unspecified atom stereocenters. The molecular formula is C21H23Cl2N3O2. The van der Waals surface area contributed by atoms with E-state index < -0.39 is 0 Å². The summed E-state index contributed by atoms with van der Waals surface area (Å²) in [6, 6.07) is 11.9. The van der Waals surface area contributed by atoms with E-state index in [1.807, 2.05) is 42.6 Å². The topological polar surface area (TPSA) is 58.4 Å². The SMILES string of the molecule is Cl.Cl.O=C(N[C@H]1CN2CCC1CC2)c1cc2cccc(-c3cccnc3)c2o1. The number of carbonyl (C=O) groups excluding carboxylic acids is 1. The lowest BCUT2D eigenvalue weighted by Gasteiger charge is -2.44. The highest BCUT2D eigenvalue weighted by Crippen LogP contribution is 2.31. The van der Waals surface area contributed by atoms with E-state index in [-0.39, 0.29) is 36.8 Å². The van der Waals surface area contributed by atoms with Crippen molar-refractivity contribution in [2.24, 2.45) is 5.92 Å².